The minimum Gasteiger partial charge on any atom is -0.493 e. The van der Waals surface area contributed by atoms with Crippen molar-refractivity contribution in [1.29, 1.82) is 0 Å². The number of H-pyrrole nitrogens is 1. The molecule has 0 fully saturated rings. The van der Waals surface area contributed by atoms with E-state index in [4.69, 9.17) is 14.0 Å². The summed E-state index contributed by atoms with van der Waals surface area (Å²) in [4.78, 5) is 14.7. The van der Waals surface area contributed by atoms with Crippen molar-refractivity contribution in [2.24, 2.45) is 0 Å². The lowest BCUT2D eigenvalue weighted by atomic mass is 9.96. The van der Waals surface area contributed by atoms with E-state index < -0.39 is 23.8 Å². The Hall–Kier alpha value is -3.69. The van der Waals surface area contributed by atoms with E-state index in [-0.39, 0.29) is 17.6 Å². The van der Waals surface area contributed by atoms with Crippen molar-refractivity contribution < 1.29 is 37.1 Å². The monoisotopic (exact) mass is 504 g/mol. The number of aryl methyl sites for hydroxylation is 1. The van der Waals surface area contributed by atoms with Crippen LogP contribution >= 0.6 is 0 Å². The Bertz CT molecular complexity index is 1360. The number of aromatic nitrogens is 2. The SMILES string of the molecule is CCCc1c(OCCCOc2ccc3[nH]cc(C(CC)C(=O)O)c3c2)ccc2c(C(F)(F)F)noc12. The third-order valence-corrected chi connectivity index (χ3v) is 6.05. The lowest BCUT2D eigenvalue weighted by molar-refractivity contribution is -0.141. The first-order valence-corrected chi connectivity index (χ1v) is 11.8. The highest BCUT2D eigenvalue weighted by Crippen LogP contribution is 2.38. The number of alkyl halides is 3. The fourth-order valence-electron chi connectivity index (χ4n) is 4.33. The quantitative estimate of drug-likeness (QED) is 0.221. The third-order valence-electron chi connectivity index (χ3n) is 6.05. The number of carboxylic acids is 1. The van der Waals surface area contributed by atoms with E-state index in [1.54, 1.807) is 12.3 Å². The fraction of sp³-hybridized carbons (Fsp3) is 0.385. The van der Waals surface area contributed by atoms with Gasteiger partial charge in [-0.25, -0.2) is 0 Å². The second-order valence-electron chi connectivity index (χ2n) is 8.50. The van der Waals surface area contributed by atoms with E-state index >= 15 is 0 Å². The van der Waals surface area contributed by atoms with Crippen LogP contribution in [-0.4, -0.2) is 34.4 Å². The molecular weight excluding hydrogens is 477 g/mol. The first kappa shape index (κ1) is 25.4. The maximum absolute atomic E-state index is 13.2. The van der Waals surface area contributed by atoms with E-state index in [2.05, 4.69) is 10.1 Å². The van der Waals surface area contributed by atoms with Gasteiger partial charge in [-0.1, -0.05) is 25.4 Å². The number of carboxylic acid groups (broad SMARTS) is 1. The Morgan fingerprint density at radius 1 is 1.14 bits per heavy atom. The van der Waals surface area contributed by atoms with Crippen LogP contribution < -0.4 is 9.47 Å². The van der Waals surface area contributed by atoms with Gasteiger partial charge in [0.05, 0.1) is 24.5 Å². The van der Waals surface area contributed by atoms with E-state index in [0.717, 1.165) is 10.9 Å². The molecule has 0 aliphatic carbocycles. The molecule has 0 aliphatic heterocycles. The van der Waals surface area contributed by atoms with Gasteiger partial charge in [0, 0.05) is 29.1 Å². The van der Waals surface area contributed by atoms with Crippen LogP contribution in [0.3, 0.4) is 0 Å². The van der Waals surface area contributed by atoms with Gasteiger partial charge in [0.2, 0.25) is 0 Å². The highest BCUT2D eigenvalue weighted by atomic mass is 19.4. The molecule has 0 radical (unpaired) electrons. The first-order valence-electron chi connectivity index (χ1n) is 11.8. The summed E-state index contributed by atoms with van der Waals surface area (Å²) >= 11 is 0. The maximum atomic E-state index is 13.2. The van der Waals surface area contributed by atoms with Crippen LogP contribution in [0.15, 0.2) is 41.1 Å². The van der Waals surface area contributed by atoms with E-state index in [1.165, 1.54) is 12.1 Å². The summed E-state index contributed by atoms with van der Waals surface area (Å²) in [7, 11) is 0. The number of rotatable bonds is 11. The molecular formula is C26H27F3N2O5. The van der Waals surface area contributed by atoms with Crippen LogP contribution in [-0.2, 0) is 17.4 Å². The molecule has 0 amide bonds. The Morgan fingerprint density at radius 3 is 2.61 bits per heavy atom. The van der Waals surface area contributed by atoms with Crippen molar-refractivity contribution in [3.05, 3.63) is 53.3 Å². The summed E-state index contributed by atoms with van der Waals surface area (Å²) in [5.74, 6) is -0.402. The molecule has 192 valence electrons. The van der Waals surface area contributed by atoms with Gasteiger partial charge >= 0.3 is 12.1 Å². The van der Waals surface area contributed by atoms with Crippen molar-refractivity contribution in [2.75, 3.05) is 13.2 Å². The number of nitrogens with one attached hydrogen (secondary N) is 1. The van der Waals surface area contributed by atoms with E-state index in [0.29, 0.717) is 54.9 Å². The largest absolute Gasteiger partial charge is 0.493 e. The molecule has 10 heteroatoms. The predicted molar refractivity (Wildman–Crippen MR) is 128 cm³/mol. The molecule has 36 heavy (non-hydrogen) atoms. The Kier molecular flexibility index (Phi) is 7.42. The van der Waals surface area contributed by atoms with Gasteiger partial charge in [-0.15, -0.1) is 0 Å². The Labute approximate surface area is 205 Å². The highest BCUT2D eigenvalue weighted by Gasteiger charge is 2.37. The zero-order chi connectivity index (χ0) is 25.9. The van der Waals surface area contributed by atoms with Crippen LogP contribution in [0.4, 0.5) is 13.2 Å². The normalized spacial score (nSPS) is 12.8. The van der Waals surface area contributed by atoms with Crippen LogP contribution in [0.2, 0.25) is 0 Å². The molecule has 0 bridgehead atoms. The summed E-state index contributed by atoms with van der Waals surface area (Å²) in [5, 5.41) is 13.5. The number of benzene rings is 2. The molecule has 2 aromatic heterocycles. The van der Waals surface area contributed by atoms with Gasteiger partial charge in [0.15, 0.2) is 11.3 Å². The molecule has 0 saturated carbocycles. The zero-order valence-corrected chi connectivity index (χ0v) is 19.9. The minimum atomic E-state index is -4.59. The maximum Gasteiger partial charge on any atom is 0.437 e. The van der Waals surface area contributed by atoms with Gasteiger partial charge in [0.25, 0.3) is 0 Å². The van der Waals surface area contributed by atoms with Crippen LogP contribution in [0, 0.1) is 0 Å². The molecule has 0 saturated heterocycles. The second kappa shape index (κ2) is 10.5. The average Bonchev–Trinajstić information content (AvgIpc) is 3.45. The lowest BCUT2D eigenvalue weighted by Gasteiger charge is -2.12. The standard InChI is InChI=1S/C26H27F3N2O5/c1-3-6-17-22(10-8-18-23(17)36-31-24(18)26(27,28)29)35-12-5-11-34-15-7-9-21-19(13-15)20(14-30-21)16(4-2)25(32)33/h7-10,13-14,16,30H,3-6,11-12H2,1-2H3,(H,32,33). The van der Waals surface area contributed by atoms with Gasteiger partial charge in [-0.05, 0) is 48.7 Å². The molecule has 0 aliphatic rings. The van der Waals surface area contributed by atoms with E-state index in [9.17, 15) is 23.1 Å². The van der Waals surface area contributed by atoms with Crippen LogP contribution in [0.5, 0.6) is 11.5 Å². The fourth-order valence-corrected chi connectivity index (χ4v) is 4.33. The second-order valence-corrected chi connectivity index (χ2v) is 8.50. The molecule has 7 nitrogen and oxygen atoms in total. The van der Waals surface area contributed by atoms with E-state index in [1.807, 2.05) is 26.0 Å². The Balaban J connectivity index is 1.40. The number of aromatic amines is 1. The van der Waals surface area contributed by atoms with Crippen LogP contribution in [0.25, 0.3) is 21.9 Å². The van der Waals surface area contributed by atoms with Crippen molar-refractivity contribution in [3.63, 3.8) is 0 Å². The Morgan fingerprint density at radius 2 is 1.92 bits per heavy atom. The summed E-state index contributed by atoms with van der Waals surface area (Å²) < 4.78 is 56.3. The number of hydrogen-bond acceptors (Lipinski definition) is 5. The molecule has 4 rings (SSSR count). The number of fused-ring (bicyclic) bond motifs is 2. The minimum absolute atomic E-state index is 0.0747. The lowest BCUT2D eigenvalue weighted by Crippen LogP contribution is -2.10. The molecule has 2 N–H and O–H groups in total. The summed E-state index contributed by atoms with van der Waals surface area (Å²) in [5.41, 5.74) is 1.17. The number of hydrogen-bond donors (Lipinski definition) is 2. The molecule has 0 spiro atoms. The van der Waals surface area contributed by atoms with Crippen molar-refractivity contribution in [1.82, 2.24) is 10.1 Å². The summed E-state index contributed by atoms with van der Waals surface area (Å²) in [6, 6.07) is 8.32. The number of carbonyl (C=O) groups is 1. The van der Waals surface area contributed by atoms with Gasteiger partial charge < -0.3 is 24.1 Å². The topological polar surface area (TPSA) is 97.6 Å². The highest BCUT2D eigenvalue weighted by molar-refractivity contribution is 5.90. The van der Waals surface area contributed by atoms with Gasteiger partial charge in [0.1, 0.15) is 11.5 Å². The summed E-state index contributed by atoms with van der Waals surface area (Å²) in [6.45, 7) is 4.38. The number of halogens is 3. The first-order chi connectivity index (χ1) is 17.2. The average molecular weight is 505 g/mol. The molecule has 4 aromatic rings. The predicted octanol–water partition coefficient (Wildman–Crippen LogP) is 6.71. The number of nitrogens with zero attached hydrogens (tertiary/aromatic N) is 1. The third kappa shape index (κ3) is 5.12. The van der Waals surface area contributed by atoms with Gasteiger partial charge in [-0.2, -0.15) is 13.2 Å². The van der Waals surface area contributed by atoms with Crippen LogP contribution in [0.1, 0.15) is 55.8 Å². The smallest absolute Gasteiger partial charge is 0.437 e. The molecule has 2 aromatic carbocycles. The zero-order valence-electron chi connectivity index (χ0n) is 19.9. The number of aliphatic carboxylic acids is 1. The van der Waals surface area contributed by atoms with Crippen molar-refractivity contribution in [2.45, 2.75) is 51.6 Å². The molecule has 2 heterocycles. The number of ether oxygens (including phenoxy) is 2. The van der Waals surface area contributed by atoms with Crippen molar-refractivity contribution in [3.8, 4) is 11.5 Å². The molecule has 1 unspecified atom stereocenters. The summed E-state index contributed by atoms with van der Waals surface area (Å²) in [6.07, 6.45) is -0.680. The van der Waals surface area contributed by atoms with Crippen molar-refractivity contribution >= 4 is 27.8 Å². The molecule has 1 atom stereocenters. The van der Waals surface area contributed by atoms with Gasteiger partial charge in [-0.3, -0.25) is 4.79 Å².